The minimum atomic E-state index is -0.147. The summed E-state index contributed by atoms with van der Waals surface area (Å²) in [5, 5.41) is 14.0. The molecule has 1 rings (SSSR count). The number of nitrogens with one attached hydrogen (secondary N) is 2. The van der Waals surface area contributed by atoms with E-state index in [1.54, 1.807) is 12.1 Å². The van der Waals surface area contributed by atoms with E-state index in [2.05, 4.69) is 34.7 Å². The van der Waals surface area contributed by atoms with E-state index in [0.717, 1.165) is 38.0 Å². The molecule has 2 N–H and O–H groups in total. The molecule has 0 aliphatic rings. The zero-order chi connectivity index (χ0) is 14.6. The van der Waals surface area contributed by atoms with Gasteiger partial charge in [-0.1, -0.05) is 39.5 Å². The van der Waals surface area contributed by atoms with Crippen molar-refractivity contribution in [3.8, 4) is 0 Å². The van der Waals surface area contributed by atoms with Crippen molar-refractivity contribution >= 4 is 11.7 Å². The lowest BCUT2D eigenvalue weighted by Crippen LogP contribution is -2.25. The van der Waals surface area contributed by atoms with E-state index in [4.69, 9.17) is 0 Å². The molecule has 0 unspecified atom stereocenters. The summed E-state index contributed by atoms with van der Waals surface area (Å²) in [6.45, 7) is 5.91. The topological polar surface area (TPSA) is 66.9 Å². The molecule has 0 spiro atoms. The van der Waals surface area contributed by atoms with Crippen molar-refractivity contribution in [2.45, 2.75) is 52.4 Å². The SMILES string of the molecule is CCCCCNC(=O)c1ccc(NCCCCC)nn1. The standard InChI is InChI=1S/C15H26N4O/c1-3-5-7-11-16-14-10-9-13(18-19-14)15(20)17-12-8-6-4-2/h9-10H,3-8,11-12H2,1-2H3,(H,16,19)(H,17,20). The summed E-state index contributed by atoms with van der Waals surface area (Å²) in [6.07, 6.45) is 6.81. The molecule has 0 atom stereocenters. The van der Waals surface area contributed by atoms with E-state index in [-0.39, 0.29) is 5.91 Å². The van der Waals surface area contributed by atoms with Crippen LogP contribution in [-0.2, 0) is 0 Å². The fraction of sp³-hybridized carbons (Fsp3) is 0.667. The van der Waals surface area contributed by atoms with Crippen molar-refractivity contribution in [1.29, 1.82) is 0 Å². The summed E-state index contributed by atoms with van der Waals surface area (Å²) in [5.74, 6) is 0.578. The van der Waals surface area contributed by atoms with Gasteiger partial charge in [-0.3, -0.25) is 4.79 Å². The zero-order valence-corrected chi connectivity index (χ0v) is 12.6. The van der Waals surface area contributed by atoms with Gasteiger partial charge >= 0.3 is 0 Å². The highest BCUT2D eigenvalue weighted by atomic mass is 16.1. The lowest BCUT2D eigenvalue weighted by Gasteiger charge is -2.06. The van der Waals surface area contributed by atoms with E-state index in [1.807, 2.05) is 0 Å². The number of rotatable bonds is 10. The smallest absolute Gasteiger partial charge is 0.271 e. The number of amides is 1. The molecule has 0 radical (unpaired) electrons. The van der Waals surface area contributed by atoms with Crippen molar-refractivity contribution in [1.82, 2.24) is 15.5 Å². The molecule has 5 nitrogen and oxygen atoms in total. The molecule has 0 aromatic carbocycles. The molecule has 20 heavy (non-hydrogen) atoms. The number of anilines is 1. The maximum absolute atomic E-state index is 11.8. The van der Waals surface area contributed by atoms with Crippen LogP contribution in [0.15, 0.2) is 12.1 Å². The van der Waals surface area contributed by atoms with Crippen LogP contribution < -0.4 is 10.6 Å². The van der Waals surface area contributed by atoms with Gasteiger partial charge in [0.25, 0.3) is 5.91 Å². The minimum absolute atomic E-state index is 0.147. The van der Waals surface area contributed by atoms with Crippen LogP contribution >= 0.6 is 0 Å². The number of carbonyl (C=O) groups excluding carboxylic acids is 1. The Bertz CT molecular complexity index is 378. The van der Waals surface area contributed by atoms with Gasteiger partial charge in [0.15, 0.2) is 5.69 Å². The van der Waals surface area contributed by atoms with E-state index in [0.29, 0.717) is 12.2 Å². The zero-order valence-electron chi connectivity index (χ0n) is 12.6. The van der Waals surface area contributed by atoms with Crippen molar-refractivity contribution in [2.24, 2.45) is 0 Å². The highest BCUT2D eigenvalue weighted by Crippen LogP contribution is 2.03. The van der Waals surface area contributed by atoms with Crippen LogP contribution in [-0.4, -0.2) is 29.2 Å². The van der Waals surface area contributed by atoms with Gasteiger partial charge in [-0.25, -0.2) is 0 Å². The summed E-state index contributed by atoms with van der Waals surface area (Å²) >= 11 is 0. The van der Waals surface area contributed by atoms with Gasteiger partial charge in [0.1, 0.15) is 5.82 Å². The van der Waals surface area contributed by atoms with Gasteiger partial charge in [0.05, 0.1) is 0 Å². The third-order valence-corrected chi connectivity index (χ3v) is 3.05. The Morgan fingerprint density at radius 3 is 2.30 bits per heavy atom. The average molecular weight is 278 g/mol. The number of unbranched alkanes of at least 4 members (excludes halogenated alkanes) is 4. The Morgan fingerprint density at radius 2 is 1.70 bits per heavy atom. The van der Waals surface area contributed by atoms with Crippen molar-refractivity contribution in [3.05, 3.63) is 17.8 Å². The third-order valence-electron chi connectivity index (χ3n) is 3.05. The molecule has 0 saturated carbocycles. The first-order chi connectivity index (χ1) is 9.77. The largest absolute Gasteiger partial charge is 0.369 e. The van der Waals surface area contributed by atoms with Crippen LogP contribution in [0.1, 0.15) is 62.9 Å². The molecule has 0 fully saturated rings. The quantitative estimate of drug-likeness (QED) is 0.646. The first kappa shape index (κ1) is 16.4. The summed E-state index contributed by atoms with van der Waals surface area (Å²) in [5.41, 5.74) is 0.376. The lowest BCUT2D eigenvalue weighted by molar-refractivity contribution is 0.0947. The second-order valence-electron chi connectivity index (χ2n) is 4.90. The summed E-state index contributed by atoms with van der Waals surface area (Å²) in [6, 6.07) is 3.52. The average Bonchev–Trinajstić information content (AvgIpc) is 2.48. The van der Waals surface area contributed by atoms with Gasteiger partial charge in [0.2, 0.25) is 0 Å². The molecule has 0 aliphatic heterocycles. The fourth-order valence-electron chi connectivity index (χ4n) is 1.81. The molecule has 0 bridgehead atoms. The number of nitrogens with zero attached hydrogens (tertiary/aromatic N) is 2. The molecule has 1 aromatic heterocycles. The Balaban J connectivity index is 2.31. The van der Waals surface area contributed by atoms with Crippen molar-refractivity contribution in [3.63, 3.8) is 0 Å². The van der Waals surface area contributed by atoms with E-state index in [9.17, 15) is 4.79 Å². The molecule has 0 aliphatic carbocycles. The lowest BCUT2D eigenvalue weighted by atomic mass is 10.2. The molecule has 1 heterocycles. The summed E-state index contributed by atoms with van der Waals surface area (Å²) in [4.78, 5) is 11.8. The Morgan fingerprint density at radius 1 is 1.00 bits per heavy atom. The summed E-state index contributed by atoms with van der Waals surface area (Å²) in [7, 11) is 0. The number of carbonyl (C=O) groups is 1. The van der Waals surface area contributed by atoms with Crippen LogP contribution in [0.5, 0.6) is 0 Å². The monoisotopic (exact) mass is 278 g/mol. The van der Waals surface area contributed by atoms with Crippen LogP contribution in [0.2, 0.25) is 0 Å². The number of hydrogen-bond acceptors (Lipinski definition) is 4. The van der Waals surface area contributed by atoms with Gasteiger partial charge in [0, 0.05) is 13.1 Å². The molecule has 112 valence electrons. The van der Waals surface area contributed by atoms with Crippen molar-refractivity contribution in [2.75, 3.05) is 18.4 Å². The molecule has 1 aromatic rings. The Kier molecular flexibility index (Phi) is 8.35. The predicted molar refractivity (Wildman–Crippen MR) is 81.9 cm³/mol. The molecule has 0 saturated heterocycles. The fourth-order valence-corrected chi connectivity index (χ4v) is 1.81. The van der Waals surface area contributed by atoms with E-state index >= 15 is 0 Å². The highest BCUT2D eigenvalue weighted by Gasteiger charge is 2.07. The Hall–Kier alpha value is -1.65. The maximum atomic E-state index is 11.8. The van der Waals surface area contributed by atoms with Crippen LogP contribution in [0.4, 0.5) is 5.82 Å². The van der Waals surface area contributed by atoms with Crippen LogP contribution in [0.3, 0.4) is 0 Å². The molecular formula is C15H26N4O. The Labute approximate surface area is 121 Å². The summed E-state index contributed by atoms with van der Waals surface area (Å²) < 4.78 is 0. The van der Waals surface area contributed by atoms with E-state index < -0.39 is 0 Å². The molecular weight excluding hydrogens is 252 g/mol. The first-order valence-corrected chi connectivity index (χ1v) is 7.63. The van der Waals surface area contributed by atoms with E-state index in [1.165, 1.54) is 12.8 Å². The number of aromatic nitrogens is 2. The second kappa shape index (κ2) is 10.2. The maximum Gasteiger partial charge on any atom is 0.271 e. The number of hydrogen-bond donors (Lipinski definition) is 2. The van der Waals surface area contributed by atoms with Gasteiger partial charge < -0.3 is 10.6 Å². The minimum Gasteiger partial charge on any atom is -0.369 e. The molecule has 1 amide bonds. The third kappa shape index (κ3) is 6.50. The normalized spacial score (nSPS) is 10.3. The molecule has 5 heteroatoms. The van der Waals surface area contributed by atoms with Crippen molar-refractivity contribution < 1.29 is 4.79 Å². The highest BCUT2D eigenvalue weighted by molar-refractivity contribution is 5.92. The van der Waals surface area contributed by atoms with Crippen LogP contribution in [0, 0.1) is 0 Å². The van der Waals surface area contributed by atoms with Gasteiger partial charge in [-0.2, -0.15) is 0 Å². The van der Waals surface area contributed by atoms with Gasteiger partial charge in [-0.15, -0.1) is 10.2 Å². The second-order valence-corrected chi connectivity index (χ2v) is 4.90. The predicted octanol–water partition coefficient (Wildman–Crippen LogP) is 3.00. The van der Waals surface area contributed by atoms with Crippen LogP contribution in [0.25, 0.3) is 0 Å². The first-order valence-electron chi connectivity index (χ1n) is 7.63. The van der Waals surface area contributed by atoms with Gasteiger partial charge in [-0.05, 0) is 25.0 Å².